The first-order valence-corrected chi connectivity index (χ1v) is 8.63. The Bertz CT molecular complexity index is 983. The molecule has 1 aromatic carbocycles. The number of aryl methyl sites for hydroxylation is 1. The molecule has 156 valence electrons. The fourth-order valence-electron chi connectivity index (χ4n) is 2.61. The lowest BCUT2D eigenvalue weighted by atomic mass is 10.0. The highest BCUT2D eigenvalue weighted by molar-refractivity contribution is 5.95. The van der Waals surface area contributed by atoms with E-state index in [4.69, 9.17) is 0 Å². The number of carbonyl (C=O) groups is 2. The summed E-state index contributed by atoms with van der Waals surface area (Å²) in [5.41, 5.74) is -1.91. The third-order valence-electron chi connectivity index (χ3n) is 4.15. The molecule has 10 heteroatoms. The van der Waals surface area contributed by atoms with Crippen LogP contribution in [-0.4, -0.2) is 34.8 Å². The second-order valence-electron chi connectivity index (χ2n) is 6.68. The largest absolute Gasteiger partial charge is 0.467 e. The van der Waals surface area contributed by atoms with Crippen LogP contribution in [0, 0.1) is 12.8 Å². The zero-order valence-corrected chi connectivity index (χ0v) is 16.2. The number of amides is 1. The van der Waals surface area contributed by atoms with Crippen molar-refractivity contribution >= 4 is 11.9 Å². The van der Waals surface area contributed by atoms with Crippen LogP contribution in [0.1, 0.15) is 35.6 Å². The second kappa shape index (κ2) is 8.46. The van der Waals surface area contributed by atoms with Crippen molar-refractivity contribution in [1.82, 2.24) is 15.1 Å². The molecule has 0 saturated carbocycles. The number of halogens is 3. The Morgan fingerprint density at radius 1 is 1.21 bits per heavy atom. The van der Waals surface area contributed by atoms with E-state index in [2.05, 4.69) is 15.2 Å². The number of aromatic nitrogens is 2. The van der Waals surface area contributed by atoms with Gasteiger partial charge in [0.25, 0.3) is 5.91 Å². The topological polar surface area (TPSA) is 90.3 Å². The number of nitrogens with zero attached hydrogens (tertiary/aromatic N) is 2. The number of rotatable bonds is 5. The quantitative estimate of drug-likeness (QED) is 0.764. The molecule has 1 unspecified atom stereocenters. The van der Waals surface area contributed by atoms with Gasteiger partial charge in [0, 0.05) is 11.8 Å². The fraction of sp³-hybridized carbons (Fsp3) is 0.368. The number of esters is 1. The van der Waals surface area contributed by atoms with Gasteiger partial charge in [0.2, 0.25) is 5.43 Å². The van der Waals surface area contributed by atoms with Gasteiger partial charge in [0.1, 0.15) is 6.04 Å². The first-order chi connectivity index (χ1) is 13.5. The summed E-state index contributed by atoms with van der Waals surface area (Å²) in [6, 6.07) is 4.40. The normalized spacial score (nSPS) is 12.6. The molecule has 1 atom stereocenters. The maximum Gasteiger partial charge on any atom is 0.416 e. The lowest BCUT2D eigenvalue weighted by molar-refractivity contribution is -0.144. The Hall–Kier alpha value is -3.17. The van der Waals surface area contributed by atoms with Crippen LogP contribution in [0.3, 0.4) is 0 Å². The first-order valence-electron chi connectivity index (χ1n) is 8.63. The lowest BCUT2D eigenvalue weighted by Crippen LogP contribution is -2.46. The van der Waals surface area contributed by atoms with E-state index < -0.39 is 40.8 Å². The number of benzene rings is 1. The average Bonchev–Trinajstić information content (AvgIpc) is 2.64. The Morgan fingerprint density at radius 3 is 2.41 bits per heavy atom. The number of hydrogen-bond acceptors (Lipinski definition) is 5. The SMILES string of the molecule is COC(=O)C(NC(=O)c1nn(-c2cccc(C(F)(F)F)c2)c(C)cc1=O)C(C)C. The van der Waals surface area contributed by atoms with Crippen LogP contribution in [0.4, 0.5) is 13.2 Å². The van der Waals surface area contributed by atoms with Gasteiger partial charge in [0.15, 0.2) is 5.69 Å². The molecule has 0 radical (unpaired) electrons. The highest BCUT2D eigenvalue weighted by Crippen LogP contribution is 2.30. The molecule has 0 bridgehead atoms. The zero-order chi connectivity index (χ0) is 21.9. The molecule has 1 N–H and O–H groups in total. The van der Waals surface area contributed by atoms with Crippen LogP contribution in [0.5, 0.6) is 0 Å². The van der Waals surface area contributed by atoms with Gasteiger partial charge in [-0.1, -0.05) is 19.9 Å². The summed E-state index contributed by atoms with van der Waals surface area (Å²) in [5.74, 6) is -1.96. The van der Waals surface area contributed by atoms with Crippen molar-refractivity contribution in [2.24, 2.45) is 5.92 Å². The minimum absolute atomic E-state index is 0.0275. The third kappa shape index (κ3) is 5.01. The summed E-state index contributed by atoms with van der Waals surface area (Å²) in [5, 5.41) is 6.32. The molecule has 2 aromatic rings. The molecule has 0 aliphatic rings. The number of alkyl halides is 3. The summed E-state index contributed by atoms with van der Waals surface area (Å²) in [7, 11) is 1.16. The Labute approximate surface area is 164 Å². The van der Waals surface area contributed by atoms with Crippen molar-refractivity contribution in [1.29, 1.82) is 0 Å². The molecule has 1 amide bonds. The summed E-state index contributed by atoms with van der Waals surface area (Å²) >= 11 is 0. The summed E-state index contributed by atoms with van der Waals surface area (Å²) in [6.07, 6.45) is -4.56. The molecule has 0 fully saturated rings. The van der Waals surface area contributed by atoms with Gasteiger partial charge < -0.3 is 10.1 Å². The minimum Gasteiger partial charge on any atom is -0.467 e. The van der Waals surface area contributed by atoms with Crippen LogP contribution in [0.25, 0.3) is 5.69 Å². The van der Waals surface area contributed by atoms with Gasteiger partial charge in [-0.3, -0.25) is 9.59 Å². The van der Waals surface area contributed by atoms with Gasteiger partial charge in [-0.05, 0) is 31.0 Å². The standard InChI is InChI=1S/C19H20F3N3O4/c1-10(2)15(18(28)29-4)23-17(27)16-14(26)8-11(3)25(24-16)13-7-5-6-12(9-13)19(20,21)22/h5-10,15H,1-4H3,(H,23,27). The Kier molecular flexibility index (Phi) is 6.45. The van der Waals surface area contributed by atoms with E-state index in [1.807, 2.05) is 0 Å². The fourth-order valence-corrected chi connectivity index (χ4v) is 2.61. The van der Waals surface area contributed by atoms with Crippen molar-refractivity contribution in [3.8, 4) is 5.69 Å². The van der Waals surface area contributed by atoms with Gasteiger partial charge in [-0.2, -0.15) is 18.3 Å². The molecule has 1 aromatic heterocycles. The molecule has 2 rings (SSSR count). The van der Waals surface area contributed by atoms with Crippen molar-refractivity contribution in [3.05, 3.63) is 57.5 Å². The monoisotopic (exact) mass is 411 g/mol. The van der Waals surface area contributed by atoms with E-state index in [0.717, 1.165) is 30.0 Å². The second-order valence-corrected chi connectivity index (χ2v) is 6.68. The van der Waals surface area contributed by atoms with Gasteiger partial charge >= 0.3 is 12.1 Å². The lowest BCUT2D eigenvalue weighted by Gasteiger charge is -2.20. The smallest absolute Gasteiger partial charge is 0.416 e. The number of carbonyl (C=O) groups excluding carboxylic acids is 2. The molecule has 0 spiro atoms. The number of methoxy groups -OCH3 is 1. The van der Waals surface area contributed by atoms with E-state index in [0.29, 0.717) is 0 Å². The molecule has 0 saturated heterocycles. The van der Waals surface area contributed by atoms with E-state index in [1.54, 1.807) is 13.8 Å². The molecular weight excluding hydrogens is 391 g/mol. The average molecular weight is 411 g/mol. The van der Waals surface area contributed by atoms with E-state index in [9.17, 15) is 27.6 Å². The Balaban J connectivity index is 2.48. The first kappa shape index (κ1) is 22.1. The van der Waals surface area contributed by atoms with Crippen molar-refractivity contribution in [3.63, 3.8) is 0 Å². The summed E-state index contributed by atoms with van der Waals surface area (Å²) in [4.78, 5) is 36.6. The van der Waals surface area contributed by atoms with Crippen LogP contribution in [0.2, 0.25) is 0 Å². The summed E-state index contributed by atoms with van der Waals surface area (Å²) in [6.45, 7) is 4.82. The third-order valence-corrected chi connectivity index (χ3v) is 4.15. The van der Waals surface area contributed by atoms with Crippen molar-refractivity contribution in [2.45, 2.75) is 33.0 Å². The maximum absolute atomic E-state index is 13.0. The highest BCUT2D eigenvalue weighted by Gasteiger charge is 2.31. The zero-order valence-electron chi connectivity index (χ0n) is 16.2. The van der Waals surface area contributed by atoms with Crippen LogP contribution < -0.4 is 10.7 Å². The van der Waals surface area contributed by atoms with E-state index >= 15 is 0 Å². The predicted molar refractivity (Wildman–Crippen MR) is 97.7 cm³/mol. The van der Waals surface area contributed by atoms with Gasteiger partial charge in [0.05, 0.1) is 18.4 Å². The molecular formula is C19H20F3N3O4. The van der Waals surface area contributed by atoms with Crippen LogP contribution in [0.15, 0.2) is 35.1 Å². The molecule has 0 aliphatic carbocycles. The van der Waals surface area contributed by atoms with Crippen molar-refractivity contribution in [2.75, 3.05) is 7.11 Å². The van der Waals surface area contributed by atoms with Crippen LogP contribution >= 0.6 is 0 Å². The molecule has 0 aliphatic heterocycles. The van der Waals surface area contributed by atoms with Gasteiger partial charge in [-0.15, -0.1) is 0 Å². The van der Waals surface area contributed by atoms with Crippen molar-refractivity contribution < 1.29 is 27.5 Å². The van der Waals surface area contributed by atoms with Crippen LogP contribution in [-0.2, 0) is 15.7 Å². The Morgan fingerprint density at radius 2 is 1.86 bits per heavy atom. The molecule has 29 heavy (non-hydrogen) atoms. The molecule has 1 heterocycles. The minimum atomic E-state index is -4.56. The predicted octanol–water partition coefficient (Wildman–Crippen LogP) is 2.49. The number of hydrogen-bond donors (Lipinski definition) is 1. The van der Waals surface area contributed by atoms with Gasteiger partial charge in [-0.25, -0.2) is 9.48 Å². The maximum atomic E-state index is 13.0. The highest BCUT2D eigenvalue weighted by atomic mass is 19.4. The number of nitrogens with one attached hydrogen (secondary N) is 1. The molecule has 7 nitrogen and oxygen atoms in total. The van der Waals surface area contributed by atoms with E-state index in [1.165, 1.54) is 19.1 Å². The number of ether oxygens (including phenoxy) is 1. The van der Waals surface area contributed by atoms with E-state index in [-0.39, 0.29) is 17.3 Å². The summed E-state index contributed by atoms with van der Waals surface area (Å²) < 4.78 is 44.7.